The molecule has 1 aliphatic heterocycles. The molecule has 1 aromatic carbocycles. The quantitative estimate of drug-likeness (QED) is 0.867. The molecule has 0 radical (unpaired) electrons. The van der Waals surface area contributed by atoms with Crippen LogP contribution in [0, 0.1) is 11.7 Å². The van der Waals surface area contributed by atoms with Gasteiger partial charge in [-0.1, -0.05) is 30.4 Å². The minimum absolute atomic E-state index is 0.213. The molecule has 0 bridgehead atoms. The number of aromatic nitrogens is 2. The fourth-order valence-electron chi connectivity index (χ4n) is 2.74. The van der Waals surface area contributed by atoms with E-state index in [1.54, 1.807) is 30.6 Å². The van der Waals surface area contributed by atoms with Crippen molar-refractivity contribution in [3.05, 3.63) is 40.7 Å². The lowest BCUT2D eigenvalue weighted by Gasteiger charge is -2.35. The molecule has 2 unspecified atom stereocenters. The molecular formula is C16H20FN3OS. The van der Waals surface area contributed by atoms with Gasteiger partial charge in [0.2, 0.25) is 5.13 Å². The van der Waals surface area contributed by atoms with Crippen LogP contribution < -0.4 is 4.90 Å². The summed E-state index contributed by atoms with van der Waals surface area (Å²) in [4.78, 5) is 2.25. The van der Waals surface area contributed by atoms with E-state index in [0.29, 0.717) is 12.3 Å². The number of hydrogen-bond donors (Lipinski definition) is 0. The smallest absolute Gasteiger partial charge is 0.208 e. The monoisotopic (exact) mass is 321 g/mol. The highest BCUT2D eigenvalue weighted by atomic mass is 32.1. The van der Waals surface area contributed by atoms with Gasteiger partial charge in [0, 0.05) is 26.6 Å². The van der Waals surface area contributed by atoms with E-state index >= 15 is 0 Å². The minimum atomic E-state index is -0.213. The lowest BCUT2D eigenvalue weighted by molar-refractivity contribution is 0.0498. The zero-order chi connectivity index (χ0) is 15.5. The van der Waals surface area contributed by atoms with Gasteiger partial charge in [-0.25, -0.2) is 4.39 Å². The van der Waals surface area contributed by atoms with Crippen molar-refractivity contribution >= 4 is 16.5 Å². The Bertz CT molecular complexity index is 616. The molecule has 0 aliphatic carbocycles. The second-order valence-corrected chi connectivity index (χ2v) is 6.81. The summed E-state index contributed by atoms with van der Waals surface area (Å²) >= 11 is 1.61. The molecule has 3 rings (SSSR count). The third-order valence-electron chi connectivity index (χ3n) is 4.19. The van der Waals surface area contributed by atoms with Crippen LogP contribution in [-0.4, -0.2) is 36.5 Å². The summed E-state index contributed by atoms with van der Waals surface area (Å²) in [7, 11) is 1.77. The number of rotatable bonds is 4. The van der Waals surface area contributed by atoms with Crippen molar-refractivity contribution in [1.29, 1.82) is 0 Å². The van der Waals surface area contributed by atoms with Crippen molar-refractivity contribution in [3.8, 4) is 0 Å². The molecule has 1 aromatic heterocycles. The normalized spacial score (nSPS) is 22.0. The van der Waals surface area contributed by atoms with Gasteiger partial charge < -0.3 is 9.64 Å². The van der Waals surface area contributed by atoms with E-state index < -0.39 is 0 Å². The molecule has 0 N–H and O–H groups in total. The number of methoxy groups -OCH3 is 1. The van der Waals surface area contributed by atoms with E-state index in [0.717, 1.165) is 35.2 Å². The minimum Gasteiger partial charge on any atom is -0.379 e. The van der Waals surface area contributed by atoms with Gasteiger partial charge in [0.25, 0.3) is 0 Å². The van der Waals surface area contributed by atoms with E-state index in [4.69, 9.17) is 4.74 Å². The first-order valence-electron chi connectivity index (χ1n) is 7.50. The number of piperidine rings is 1. The topological polar surface area (TPSA) is 38.2 Å². The van der Waals surface area contributed by atoms with Gasteiger partial charge >= 0.3 is 0 Å². The van der Waals surface area contributed by atoms with Crippen molar-refractivity contribution in [2.45, 2.75) is 25.9 Å². The number of halogens is 1. The van der Waals surface area contributed by atoms with Gasteiger partial charge in [0.05, 0.1) is 6.10 Å². The number of ether oxygens (including phenoxy) is 1. The second-order valence-electron chi connectivity index (χ2n) is 5.77. The molecule has 1 saturated heterocycles. The predicted octanol–water partition coefficient (Wildman–Crippen LogP) is 3.13. The average molecular weight is 321 g/mol. The molecule has 22 heavy (non-hydrogen) atoms. The maximum absolute atomic E-state index is 12.9. The fourth-order valence-corrected chi connectivity index (χ4v) is 3.64. The molecule has 0 amide bonds. The zero-order valence-corrected chi connectivity index (χ0v) is 13.6. The molecule has 4 nitrogen and oxygen atoms in total. The second kappa shape index (κ2) is 6.71. The average Bonchev–Trinajstić information content (AvgIpc) is 2.98. The van der Waals surface area contributed by atoms with Gasteiger partial charge in [0.1, 0.15) is 10.8 Å². The number of benzene rings is 1. The summed E-state index contributed by atoms with van der Waals surface area (Å²) in [6, 6.07) is 6.54. The molecule has 0 spiro atoms. The summed E-state index contributed by atoms with van der Waals surface area (Å²) in [6.07, 6.45) is 2.04. The number of hydrogen-bond acceptors (Lipinski definition) is 5. The third-order valence-corrected chi connectivity index (χ3v) is 5.17. The van der Waals surface area contributed by atoms with Crippen LogP contribution in [0.25, 0.3) is 0 Å². The lowest BCUT2D eigenvalue weighted by Crippen LogP contribution is -2.43. The maximum Gasteiger partial charge on any atom is 0.208 e. The highest BCUT2D eigenvalue weighted by Crippen LogP contribution is 2.28. The highest BCUT2D eigenvalue weighted by Gasteiger charge is 2.27. The van der Waals surface area contributed by atoms with Crippen molar-refractivity contribution in [3.63, 3.8) is 0 Å². The standard InChI is InChI=1S/C16H20FN3OS/c1-11-7-8-20(10-14(11)21-2)16-19-18-15(22-16)9-12-3-5-13(17)6-4-12/h3-6,11,14H,7-10H2,1-2H3. The van der Waals surface area contributed by atoms with Crippen molar-refractivity contribution in [2.75, 3.05) is 25.1 Å². The maximum atomic E-state index is 12.9. The van der Waals surface area contributed by atoms with Crippen molar-refractivity contribution in [2.24, 2.45) is 5.92 Å². The van der Waals surface area contributed by atoms with Gasteiger partial charge in [-0.2, -0.15) is 0 Å². The van der Waals surface area contributed by atoms with Crippen LogP contribution in [0.15, 0.2) is 24.3 Å². The Morgan fingerprint density at radius 1 is 1.32 bits per heavy atom. The first-order valence-corrected chi connectivity index (χ1v) is 8.32. The van der Waals surface area contributed by atoms with Crippen LogP contribution in [0.2, 0.25) is 0 Å². The van der Waals surface area contributed by atoms with Crippen LogP contribution in [0.1, 0.15) is 23.9 Å². The van der Waals surface area contributed by atoms with Crippen molar-refractivity contribution in [1.82, 2.24) is 10.2 Å². The molecule has 2 heterocycles. The first kappa shape index (κ1) is 15.4. The molecule has 1 fully saturated rings. The van der Waals surface area contributed by atoms with E-state index in [2.05, 4.69) is 22.0 Å². The number of anilines is 1. The highest BCUT2D eigenvalue weighted by molar-refractivity contribution is 7.15. The van der Waals surface area contributed by atoms with E-state index in [9.17, 15) is 4.39 Å². The summed E-state index contributed by atoms with van der Waals surface area (Å²) in [5.74, 6) is 0.364. The predicted molar refractivity (Wildman–Crippen MR) is 85.9 cm³/mol. The summed E-state index contributed by atoms with van der Waals surface area (Å²) < 4.78 is 18.5. The molecule has 118 valence electrons. The lowest BCUT2D eigenvalue weighted by atomic mass is 9.96. The Morgan fingerprint density at radius 2 is 2.09 bits per heavy atom. The van der Waals surface area contributed by atoms with Crippen molar-refractivity contribution < 1.29 is 9.13 Å². The van der Waals surface area contributed by atoms with Gasteiger partial charge in [0.15, 0.2) is 0 Å². The molecular weight excluding hydrogens is 301 g/mol. The van der Waals surface area contributed by atoms with E-state index in [1.165, 1.54) is 12.1 Å². The van der Waals surface area contributed by atoms with Crippen LogP contribution in [0.4, 0.5) is 9.52 Å². The molecule has 0 saturated carbocycles. The largest absolute Gasteiger partial charge is 0.379 e. The van der Waals surface area contributed by atoms with Crippen LogP contribution >= 0.6 is 11.3 Å². The Labute approximate surface area is 133 Å². The fraction of sp³-hybridized carbons (Fsp3) is 0.500. The van der Waals surface area contributed by atoms with Crippen LogP contribution in [-0.2, 0) is 11.2 Å². The van der Waals surface area contributed by atoms with Gasteiger partial charge in [-0.05, 0) is 30.0 Å². The van der Waals surface area contributed by atoms with Crippen LogP contribution in [0.5, 0.6) is 0 Å². The number of nitrogens with zero attached hydrogens (tertiary/aromatic N) is 3. The Kier molecular flexibility index (Phi) is 4.69. The SMILES string of the molecule is COC1CN(c2nnc(Cc3ccc(F)cc3)s2)CCC1C. The Hall–Kier alpha value is -1.53. The zero-order valence-electron chi connectivity index (χ0n) is 12.8. The summed E-state index contributed by atoms with van der Waals surface area (Å²) in [5, 5.41) is 10.5. The molecule has 2 aromatic rings. The van der Waals surface area contributed by atoms with E-state index in [1.807, 2.05) is 0 Å². The Morgan fingerprint density at radius 3 is 2.82 bits per heavy atom. The van der Waals surface area contributed by atoms with Gasteiger partial charge in [-0.15, -0.1) is 10.2 Å². The molecule has 2 atom stereocenters. The Balaban J connectivity index is 1.67. The molecule has 1 aliphatic rings. The third kappa shape index (κ3) is 3.44. The van der Waals surface area contributed by atoms with E-state index in [-0.39, 0.29) is 11.9 Å². The summed E-state index contributed by atoms with van der Waals surface area (Å²) in [5.41, 5.74) is 1.05. The first-order chi connectivity index (χ1) is 10.7. The van der Waals surface area contributed by atoms with Crippen LogP contribution in [0.3, 0.4) is 0 Å². The summed E-state index contributed by atoms with van der Waals surface area (Å²) in [6.45, 7) is 4.08. The van der Waals surface area contributed by atoms with Gasteiger partial charge in [-0.3, -0.25) is 0 Å². The molecule has 6 heteroatoms.